The Morgan fingerprint density at radius 2 is 0.881 bits per heavy atom. The van der Waals surface area contributed by atoms with Crippen LogP contribution < -0.4 is 0 Å². The van der Waals surface area contributed by atoms with Crippen LogP contribution in [0.5, 0.6) is 0 Å². The summed E-state index contributed by atoms with van der Waals surface area (Å²) >= 11 is 0. The Morgan fingerprint density at radius 3 is 1.37 bits per heavy atom. The summed E-state index contributed by atoms with van der Waals surface area (Å²) in [5.74, 6) is -0.459. The quantitative estimate of drug-likeness (QED) is 0.187. The number of hydrogen-bond acceptors (Lipinski definition) is 5. The van der Waals surface area contributed by atoms with E-state index >= 15 is 0 Å². The van der Waals surface area contributed by atoms with Gasteiger partial charge in [-0.05, 0) is 42.5 Å². The van der Waals surface area contributed by atoms with E-state index in [0.29, 0.717) is 11.4 Å². The predicted molar refractivity (Wildman–Crippen MR) is 234 cm³/mol. The van der Waals surface area contributed by atoms with E-state index in [0.717, 1.165) is 88.4 Å². The molecule has 0 atom stereocenters. The molecule has 0 saturated heterocycles. The zero-order valence-corrected chi connectivity index (χ0v) is 32.6. The molecule has 0 aliphatic carbocycles. The van der Waals surface area contributed by atoms with Gasteiger partial charge in [-0.1, -0.05) is 72.8 Å². The standard InChI is InChI=1S/C49H36N6O4/c1-28(56)52-24-38(32-13-5-9-17-46(32)52)36-21-42(40-26-54(30(3)58)48-19-11-7-15-34(40)48)50-44(36)23-45-37(39-25-53(29(2)57)47-18-10-6-14-33(39)47)22-43(51-45)41-27-55(31(4)59)49-20-12-8-16-35(41)49/h5-27,50H,1-4H3/b45-23-. The van der Waals surface area contributed by atoms with Crippen molar-refractivity contribution in [3.8, 4) is 22.4 Å². The molecule has 6 heterocycles. The van der Waals surface area contributed by atoms with Crippen molar-refractivity contribution in [2.24, 2.45) is 4.99 Å². The van der Waals surface area contributed by atoms with Gasteiger partial charge in [0.25, 0.3) is 0 Å². The summed E-state index contributed by atoms with van der Waals surface area (Å²) in [5, 5.41) is 3.57. The lowest BCUT2D eigenvalue weighted by molar-refractivity contribution is 0.0933. The molecule has 4 aromatic carbocycles. The lowest BCUT2D eigenvalue weighted by atomic mass is 9.99. The van der Waals surface area contributed by atoms with Gasteiger partial charge < -0.3 is 4.98 Å². The van der Waals surface area contributed by atoms with Gasteiger partial charge in [-0.2, -0.15) is 0 Å². The van der Waals surface area contributed by atoms with Crippen LogP contribution in [0, 0.1) is 0 Å². The third-order valence-corrected chi connectivity index (χ3v) is 11.3. The summed E-state index contributed by atoms with van der Waals surface area (Å²) < 4.78 is 6.61. The van der Waals surface area contributed by atoms with Crippen molar-refractivity contribution >= 4 is 84.6 Å². The van der Waals surface area contributed by atoms with Crippen LogP contribution in [-0.2, 0) is 0 Å². The molecule has 0 unspecified atom stereocenters. The van der Waals surface area contributed by atoms with Crippen LogP contribution in [0.2, 0.25) is 0 Å². The van der Waals surface area contributed by atoms with Crippen molar-refractivity contribution in [3.05, 3.63) is 157 Å². The minimum Gasteiger partial charge on any atom is -0.354 e. The fourth-order valence-electron chi connectivity index (χ4n) is 8.59. The lowest BCUT2D eigenvalue weighted by Crippen LogP contribution is -2.03. The van der Waals surface area contributed by atoms with Gasteiger partial charge in [0.2, 0.25) is 23.6 Å². The molecule has 286 valence electrons. The summed E-state index contributed by atoms with van der Waals surface area (Å²) in [5.41, 5.74) is 10.8. The zero-order valence-electron chi connectivity index (χ0n) is 32.6. The number of aliphatic imine (C=N–C) groups is 1. The van der Waals surface area contributed by atoms with Gasteiger partial charge in [-0.25, -0.2) is 4.99 Å². The third-order valence-electron chi connectivity index (χ3n) is 11.3. The summed E-state index contributed by atoms with van der Waals surface area (Å²) in [6.07, 6.45) is 11.5. The van der Waals surface area contributed by atoms with E-state index in [1.807, 2.05) is 134 Å². The maximum absolute atomic E-state index is 13.0. The van der Waals surface area contributed by atoms with E-state index < -0.39 is 0 Å². The molecule has 0 saturated carbocycles. The zero-order chi connectivity index (χ0) is 40.7. The minimum absolute atomic E-state index is 0.107. The summed E-state index contributed by atoms with van der Waals surface area (Å²) in [6.45, 7) is 6.17. The van der Waals surface area contributed by atoms with Gasteiger partial charge in [0, 0.05) is 119 Å². The van der Waals surface area contributed by atoms with E-state index in [2.05, 4.69) is 11.1 Å². The van der Waals surface area contributed by atoms with E-state index in [4.69, 9.17) is 4.99 Å². The smallest absolute Gasteiger partial charge is 0.227 e. The number of rotatable bonds is 5. The number of hydrogen-bond donors (Lipinski definition) is 1. The highest BCUT2D eigenvalue weighted by atomic mass is 16.2. The van der Waals surface area contributed by atoms with E-state index in [9.17, 15) is 19.2 Å². The fraction of sp³-hybridized carbons (Fsp3) is 0.0816. The van der Waals surface area contributed by atoms with E-state index in [1.165, 1.54) is 6.92 Å². The molecule has 0 bridgehead atoms. The van der Waals surface area contributed by atoms with Gasteiger partial charge >= 0.3 is 0 Å². The molecular weight excluding hydrogens is 737 g/mol. The van der Waals surface area contributed by atoms with Crippen LogP contribution in [0.1, 0.15) is 63.7 Å². The molecule has 0 fully saturated rings. The number of fused-ring (bicyclic) bond motifs is 4. The number of nitrogens with zero attached hydrogens (tertiary/aromatic N) is 5. The SMILES string of the molecule is CC(=O)n1cc(C2=CC(c3cn(C(C)=O)c4ccccc34)=N/C2=C\c2[nH]c(-c3cn(C(C)=O)c4ccccc34)cc2-c2cn(C(C)=O)c3ccccc23)c2ccccc21. The molecular formula is C49H36N6O4. The second kappa shape index (κ2) is 13.4. The highest BCUT2D eigenvalue weighted by molar-refractivity contribution is 6.25. The van der Waals surface area contributed by atoms with Crippen LogP contribution in [-0.4, -0.2) is 52.6 Å². The van der Waals surface area contributed by atoms with Crippen molar-refractivity contribution in [1.82, 2.24) is 23.3 Å². The Hall–Kier alpha value is -7.85. The number of para-hydroxylation sites is 4. The van der Waals surface area contributed by atoms with Crippen molar-refractivity contribution < 1.29 is 19.2 Å². The highest BCUT2D eigenvalue weighted by Crippen LogP contribution is 2.42. The van der Waals surface area contributed by atoms with Crippen molar-refractivity contribution in [2.45, 2.75) is 27.7 Å². The van der Waals surface area contributed by atoms with Gasteiger partial charge in [-0.3, -0.25) is 37.4 Å². The van der Waals surface area contributed by atoms with Gasteiger partial charge in [-0.15, -0.1) is 0 Å². The minimum atomic E-state index is -0.120. The molecule has 59 heavy (non-hydrogen) atoms. The second-order valence-corrected chi connectivity index (χ2v) is 14.9. The summed E-state index contributed by atoms with van der Waals surface area (Å²) in [7, 11) is 0. The van der Waals surface area contributed by atoms with Gasteiger partial charge in [0.05, 0.1) is 33.5 Å². The monoisotopic (exact) mass is 772 g/mol. The van der Waals surface area contributed by atoms with Crippen LogP contribution in [0.25, 0.3) is 77.6 Å². The Balaban J connectivity index is 1.26. The van der Waals surface area contributed by atoms with Gasteiger partial charge in [0.1, 0.15) is 0 Å². The van der Waals surface area contributed by atoms with Crippen LogP contribution in [0.4, 0.5) is 0 Å². The maximum Gasteiger partial charge on any atom is 0.227 e. The number of aromatic nitrogens is 5. The number of allylic oxidation sites excluding steroid dienone is 2. The third kappa shape index (κ3) is 5.60. The Labute approximate surface area is 337 Å². The number of carbonyl (C=O) groups is 4. The average molecular weight is 773 g/mol. The first-order valence-electron chi connectivity index (χ1n) is 19.3. The number of carbonyl (C=O) groups excluding carboxylic acids is 4. The molecule has 10 nitrogen and oxygen atoms in total. The molecule has 1 aliphatic heterocycles. The Bertz CT molecular complexity index is 3410. The Kier molecular flexibility index (Phi) is 8.06. The molecule has 0 radical (unpaired) electrons. The molecule has 10 rings (SSSR count). The second-order valence-electron chi connectivity index (χ2n) is 14.9. The number of aromatic amines is 1. The average Bonchev–Trinajstić information content (AvgIpc) is 4.08. The molecule has 1 N–H and O–H groups in total. The molecule has 9 aromatic rings. The highest BCUT2D eigenvalue weighted by Gasteiger charge is 2.27. The first-order chi connectivity index (χ1) is 28.6. The molecule has 0 amide bonds. The largest absolute Gasteiger partial charge is 0.354 e. The lowest BCUT2D eigenvalue weighted by Gasteiger charge is -2.05. The number of H-pyrrole nitrogens is 1. The topological polar surface area (TPSA) is 116 Å². The Morgan fingerprint density at radius 1 is 0.492 bits per heavy atom. The van der Waals surface area contributed by atoms with Crippen molar-refractivity contribution in [2.75, 3.05) is 0 Å². The molecule has 10 heteroatoms. The summed E-state index contributed by atoms with van der Waals surface area (Å²) in [6, 6.07) is 33.2. The molecule has 1 aliphatic rings. The first-order valence-corrected chi connectivity index (χ1v) is 19.3. The van der Waals surface area contributed by atoms with E-state index in [-0.39, 0.29) is 23.6 Å². The van der Waals surface area contributed by atoms with Crippen LogP contribution >= 0.6 is 0 Å². The normalized spacial score (nSPS) is 13.6. The number of nitrogens with one attached hydrogen (secondary N) is 1. The molecule has 5 aromatic heterocycles. The van der Waals surface area contributed by atoms with Crippen molar-refractivity contribution in [1.29, 1.82) is 0 Å². The van der Waals surface area contributed by atoms with Gasteiger partial charge in [0.15, 0.2) is 0 Å². The first kappa shape index (κ1) is 35.6. The summed E-state index contributed by atoms with van der Waals surface area (Å²) in [4.78, 5) is 60.8. The van der Waals surface area contributed by atoms with E-state index in [1.54, 1.807) is 39.0 Å². The predicted octanol–water partition coefficient (Wildman–Crippen LogP) is 10.7. The maximum atomic E-state index is 13.0. The van der Waals surface area contributed by atoms with Crippen molar-refractivity contribution in [3.63, 3.8) is 0 Å². The number of benzene rings is 4. The molecule has 0 spiro atoms. The fourth-order valence-corrected chi connectivity index (χ4v) is 8.59. The van der Waals surface area contributed by atoms with Crippen LogP contribution in [0.3, 0.4) is 0 Å². The van der Waals surface area contributed by atoms with Crippen LogP contribution in [0.15, 0.2) is 145 Å².